The van der Waals surface area contributed by atoms with Crippen molar-refractivity contribution < 1.29 is 4.79 Å². The minimum absolute atomic E-state index is 0.196. The van der Waals surface area contributed by atoms with Gasteiger partial charge in [-0.25, -0.2) is 9.97 Å². The maximum Gasteiger partial charge on any atom is 0.267 e. The average molecular weight is 305 g/mol. The highest BCUT2D eigenvalue weighted by atomic mass is 35.5. The maximum atomic E-state index is 11.5. The van der Waals surface area contributed by atoms with Crippen LogP contribution in [0.4, 0.5) is 5.95 Å². The van der Waals surface area contributed by atoms with Crippen LogP contribution in [0, 0.1) is 0 Å². The highest BCUT2D eigenvalue weighted by molar-refractivity contribution is 6.30. The van der Waals surface area contributed by atoms with Crippen molar-refractivity contribution in [1.82, 2.24) is 9.97 Å². The van der Waals surface area contributed by atoms with Crippen molar-refractivity contribution in [3.63, 3.8) is 0 Å². The summed E-state index contributed by atoms with van der Waals surface area (Å²) in [6, 6.07) is 8.88. The molecule has 0 radical (unpaired) electrons. The third-order valence-electron chi connectivity index (χ3n) is 3.13. The SMILES string of the molecule is CCN(CC)c1nc(C(N)=O)cc(-c2cccc(Cl)c2)n1. The van der Waals surface area contributed by atoms with Crippen LogP contribution in [-0.4, -0.2) is 29.0 Å². The lowest BCUT2D eigenvalue weighted by atomic mass is 10.1. The van der Waals surface area contributed by atoms with Crippen molar-refractivity contribution in [3.8, 4) is 11.3 Å². The van der Waals surface area contributed by atoms with Crippen LogP contribution in [0.2, 0.25) is 5.02 Å². The van der Waals surface area contributed by atoms with Crippen molar-refractivity contribution >= 4 is 23.5 Å². The van der Waals surface area contributed by atoms with E-state index >= 15 is 0 Å². The summed E-state index contributed by atoms with van der Waals surface area (Å²) in [5.74, 6) is -0.0830. The number of carbonyl (C=O) groups excluding carboxylic acids is 1. The van der Waals surface area contributed by atoms with Crippen LogP contribution in [0.25, 0.3) is 11.3 Å². The van der Waals surface area contributed by atoms with E-state index in [4.69, 9.17) is 17.3 Å². The number of nitrogens with two attached hydrogens (primary N) is 1. The smallest absolute Gasteiger partial charge is 0.267 e. The number of carbonyl (C=O) groups is 1. The van der Waals surface area contributed by atoms with Crippen molar-refractivity contribution in [2.45, 2.75) is 13.8 Å². The molecular formula is C15H17ClN4O. The number of primary amides is 1. The fraction of sp³-hybridized carbons (Fsp3) is 0.267. The fourth-order valence-corrected chi connectivity index (χ4v) is 2.19. The van der Waals surface area contributed by atoms with Crippen LogP contribution in [-0.2, 0) is 0 Å². The van der Waals surface area contributed by atoms with E-state index in [9.17, 15) is 4.79 Å². The van der Waals surface area contributed by atoms with Gasteiger partial charge in [-0.2, -0.15) is 0 Å². The highest BCUT2D eigenvalue weighted by Gasteiger charge is 2.13. The second kappa shape index (κ2) is 6.54. The highest BCUT2D eigenvalue weighted by Crippen LogP contribution is 2.23. The lowest BCUT2D eigenvalue weighted by Crippen LogP contribution is -2.26. The van der Waals surface area contributed by atoms with Gasteiger partial charge in [0.25, 0.3) is 5.91 Å². The van der Waals surface area contributed by atoms with Crippen molar-refractivity contribution in [2.75, 3.05) is 18.0 Å². The Morgan fingerprint density at radius 2 is 1.95 bits per heavy atom. The second-order valence-corrected chi connectivity index (χ2v) is 4.92. The molecule has 1 amide bonds. The van der Waals surface area contributed by atoms with E-state index in [1.54, 1.807) is 18.2 Å². The summed E-state index contributed by atoms with van der Waals surface area (Å²) in [6.07, 6.45) is 0. The van der Waals surface area contributed by atoms with Gasteiger partial charge >= 0.3 is 0 Å². The third-order valence-corrected chi connectivity index (χ3v) is 3.37. The number of anilines is 1. The predicted molar refractivity (Wildman–Crippen MR) is 84.6 cm³/mol. The monoisotopic (exact) mass is 304 g/mol. The van der Waals surface area contributed by atoms with Crippen LogP contribution in [0.1, 0.15) is 24.3 Å². The Morgan fingerprint density at radius 1 is 1.24 bits per heavy atom. The van der Waals surface area contributed by atoms with Gasteiger partial charge in [-0.1, -0.05) is 23.7 Å². The minimum Gasteiger partial charge on any atom is -0.364 e. The standard InChI is InChI=1S/C15H17ClN4O/c1-3-20(4-2)15-18-12(9-13(19-15)14(17)21)10-6-5-7-11(16)8-10/h5-9H,3-4H2,1-2H3,(H2,17,21). The van der Waals surface area contributed by atoms with Gasteiger partial charge in [-0.3, -0.25) is 4.79 Å². The molecule has 2 aromatic rings. The summed E-state index contributed by atoms with van der Waals surface area (Å²) in [4.78, 5) is 22.2. The summed E-state index contributed by atoms with van der Waals surface area (Å²) < 4.78 is 0. The number of benzene rings is 1. The summed E-state index contributed by atoms with van der Waals surface area (Å²) in [7, 11) is 0. The Morgan fingerprint density at radius 3 is 2.52 bits per heavy atom. The molecule has 21 heavy (non-hydrogen) atoms. The zero-order valence-corrected chi connectivity index (χ0v) is 12.8. The average Bonchev–Trinajstić information content (AvgIpc) is 2.48. The first-order chi connectivity index (χ1) is 10.0. The summed E-state index contributed by atoms with van der Waals surface area (Å²) in [5, 5.41) is 0.608. The second-order valence-electron chi connectivity index (χ2n) is 4.49. The number of hydrogen-bond donors (Lipinski definition) is 1. The molecule has 0 bridgehead atoms. The zero-order valence-electron chi connectivity index (χ0n) is 12.0. The first kappa shape index (κ1) is 15.3. The molecule has 0 aliphatic heterocycles. The Kier molecular flexibility index (Phi) is 4.75. The fourth-order valence-electron chi connectivity index (χ4n) is 2.00. The third kappa shape index (κ3) is 3.49. The molecule has 5 nitrogen and oxygen atoms in total. The van der Waals surface area contributed by atoms with Crippen LogP contribution in [0.5, 0.6) is 0 Å². The van der Waals surface area contributed by atoms with Gasteiger partial charge < -0.3 is 10.6 Å². The quantitative estimate of drug-likeness (QED) is 0.922. The van der Waals surface area contributed by atoms with Gasteiger partial charge in [-0.15, -0.1) is 0 Å². The molecule has 0 spiro atoms. The number of amides is 1. The lowest BCUT2D eigenvalue weighted by molar-refractivity contribution is 0.0995. The molecule has 0 fully saturated rings. The van der Waals surface area contributed by atoms with E-state index in [-0.39, 0.29) is 5.69 Å². The molecule has 1 aromatic heterocycles. The van der Waals surface area contributed by atoms with Crippen LogP contribution in [0.15, 0.2) is 30.3 Å². The molecule has 0 aliphatic carbocycles. The summed E-state index contributed by atoms with van der Waals surface area (Å²) >= 11 is 6.01. The van der Waals surface area contributed by atoms with Gasteiger partial charge in [0.1, 0.15) is 5.69 Å². The van der Waals surface area contributed by atoms with E-state index in [0.29, 0.717) is 16.7 Å². The molecule has 2 N–H and O–H groups in total. The number of rotatable bonds is 5. The molecule has 110 valence electrons. The molecule has 2 rings (SSSR count). The minimum atomic E-state index is -0.575. The normalized spacial score (nSPS) is 10.4. The Bertz CT molecular complexity index is 656. The van der Waals surface area contributed by atoms with Crippen LogP contribution < -0.4 is 10.6 Å². The Hall–Kier alpha value is -2.14. The molecule has 6 heteroatoms. The van der Waals surface area contributed by atoms with Crippen molar-refractivity contribution in [2.24, 2.45) is 5.73 Å². The molecular weight excluding hydrogens is 288 g/mol. The van der Waals surface area contributed by atoms with Crippen molar-refractivity contribution in [1.29, 1.82) is 0 Å². The summed E-state index contributed by atoms with van der Waals surface area (Å²) in [5.41, 5.74) is 7.01. The topological polar surface area (TPSA) is 72.1 Å². The van der Waals surface area contributed by atoms with Crippen LogP contribution >= 0.6 is 11.6 Å². The van der Waals surface area contributed by atoms with E-state index in [1.807, 2.05) is 30.9 Å². The van der Waals surface area contributed by atoms with Gasteiger partial charge in [-0.05, 0) is 32.0 Å². The van der Waals surface area contributed by atoms with E-state index in [1.165, 1.54) is 0 Å². The maximum absolute atomic E-state index is 11.5. The summed E-state index contributed by atoms with van der Waals surface area (Å²) in [6.45, 7) is 5.49. The number of hydrogen-bond acceptors (Lipinski definition) is 4. The van der Waals surface area contributed by atoms with Crippen molar-refractivity contribution in [3.05, 3.63) is 41.0 Å². The first-order valence-electron chi connectivity index (χ1n) is 6.75. The largest absolute Gasteiger partial charge is 0.364 e. The molecule has 0 aliphatic rings. The number of nitrogens with zero attached hydrogens (tertiary/aromatic N) is 3. The molecule has 1 heterocycles. The molecule has 0 unspecified atom stereocenters. The molecule has 0 atom stereocenters. The van der Waals surface area contributed by atoms with Gasteiger partial charge in [0.15, 0.2) is 0 Å². The van der Waals surface area contributed by atoms with Gasteiger partial charge in [0.2, 0.25) is 5.95 Å². The molecule has 0 saturated carbocycles. The van der Waals surface area contributed by atoms with E-state index in [2.05, 4.69) is 9.97 Å². The van der Waals surface area contributed by atoms with Gasteiger partial charge in [0, 0.05) is 23.7 Å². The van der Waals surface area contributed by atoms with Gasteiger partial charge in [0.05, 0.1) is 5.69 Å². The van der Waals surface area contributed by atoms with E-state index in [0.717, 1.165) is 18.7 Å². The van der Waals surface area contributed by atoms with Crippen LogP contribution in [0.3, 0.4) is 0 Å². The Labute approximate surface area is 128 Å². The first-order valence-corrected chi connectivity index (χ1v) is 7.12. The molecule has 0 saturated heterocycles. The number of halogens is 1. The molecule has 1 aromatic carbocycles. The number of aromatic nitrogens is 2. The van der Waals surface area contributed by atoms with E-state index < -0.39 is 5.91 Å². The zero-order chi connectivity index (χ0) is 15.4. The Balaban J connectivity index is 2.57. The lowest BCUT2D eigenvalue weighted by Gasteiger charge is -2.19. The predicted octanol–water partition coefficient (Wildman–Crippen LogP) is 2.74.